The van der Waals surface area contributed by atoms with Gasteiger partial charge in [0.2, 0.25) is 5.91 Å². The lowest BCUT2D eigenvalue weighted by Gasteiger charge is -2.35. The molecule has 1 amide bonds. The Bertz CT molecular complexity index is 904. The first-order valence-electron chi connectivity index (χ1n) is 10.9. The van der Waals surface area contributed by atoms with Gasteiger partial charge in [0.1, 0.15) is 11.6 Å². The first kappa shape index (κ1) is 18.7. The fourth-order valence-electron chi connectivity index (χ4n) is 5.52. The van der Waals surface area contributed by atoms with Gasteiger partial charge in [0.25, 0.3) is 0 Å². The number of fused-ring (bicyclic) bond motifs is 1. The van der Waals surface area contributed by atoms with E-state index in [2.05, 4.69) is 20.1 Å². The first-order chi connectivity index (χ1) is 14.2. The van der Waals surface area contributed by atoms with Crippen LogP contribution in [0.4, 0.5) is 4.39 Å². The number of hydrogen-bond donors (Lipinski definition) is 1. The number of aromatic nitrogens is 3. The summed E-state index contributed by atoms with van der Waals surface area (Å²) in [6.45, 7) is 3.33. The van der Waals surface area contributed by atoms with Crippen molar-refractivity contribution < 1.29 is 9.18 Å². The average molecular weight is 397 g/mol. The lowest BCUT2D eigenvalue weighted by molar-refractivity contribution is -0.138. The molecule has 1 saturated heterocycles. The molecule has 0 radical (unpaired) electrons. The van der Waals surface area contributed by atoms with Crippen LogP contribution in [0, 0.1) is 5.82 Å². The van der Waals surface area contributed by atoms with Crippen molar-refractivity contribution in [3.8, 4) is 0 Å². The van der Waals surface area contributed by atoms with Crippen molar-refractivity contribution in [3.63, 3.8) is 0 Å². The van der Waals surface area contributed by atoms with Crippen molar-refractivity contribution in [2.45, 2.75) is 62.9 Å². The van der Waals surface area contributed by atoms with E-state index in [4.69, 9.17) is 0 Å². The summed E-state index contributed by atoms with van der Waals surface area (Å²) in [6, 6.07) is 6.77. The van der Waals surface area contributed by atoms with Crippen molar-refractivity contribution in [1.82, 2.24) is 25.0 Å². The molecule has 2 aromatic rings. The van der Waals surface area contributed by atoms with Gasteiger partial charge in [-0.2, -0.15) is 0 Å². The summed E-state index contributed by atoms with van der Waals surface area (Å²) in [5.41, 5.74) is -0.172. The number of amides is 1. The molecule has 2 aliphatic heterocycles. The van der Waals surface area contributed by atoms with Gasteiger partial charge in [-0.05, 0) is 31.7 Å². The third-order valence-corrected chi connectivity index (χ3v) is 6.96. The number of carbonyl (C=O) groups excluding carboxylic acids is 1. The number of rotatable bonds is 3. The maximum Gasteiger partial charge on any atom is 0.233 e. The molecule has 0 spiro atoms. The second kappa shape index (κ2) is 7.52. The lowest BCUT2D eigenvalue weighted by atomic mass is 9.77. The van der Waals surface area contributed by atoms with Gasteiger partial charge in [-0.15, -0.1) is 10.2 Å². The van der Waals surface area contributed by atoms with Gasteiger partial charge in [-0.25, -0.2) is 4.39 Å². The number of nitrogens with one attached hydrogen (secondary N) is 1. The summed E-state index contributed by atoms with van der Waals surface area (Å²) in [6.07, 6.45) is 6.06. The van der Waals surface area contributed by atoms with E-state index in [0.717, 1.165) is 76.2 Å². The van der Waals surface area contributed by atoms with Crippen molar-refractivity contribution >= 4 is 5.91 Å². The van der Waals surface area contributed by atoms with E-state index in [9.17, 15) is 9.18 Å². The van der Waals surface area contributed by atoms with E-state index in [1.807, 2.05) is 11.0 Å². The summed E-state index contributed by atoms with van der Waals surface area (Å²) < 4.78 is 17.0. The molecular weight excluding hydrogens is 369 g/mol. The Hall–Kier alpha value is -2.28. The van der Waals surface area contributed by atoms with Crippen molar-refractivity contribution in [2.24, 2.45) is 0 Å². The smallest absolute Gasteiger partial charge is 0.233 e. The highest BCUT2D eigenvalue weighted by Crippen LogP contribution is 2.46. The van der Waals surface area contributed by atoms with Crippen LogP contribution in [0.3, 0.4) is 0 Å². The second-order valence-corrected chi connectivity index (χ2v) is 8.55. The van der Waals surface area contributed by atoms with Gasteiger partial charge < -0.3 is 14.8 Å². The maximum atomic E-state index is 14.8. The Kier molecular flexibility index (Phi) is 4.86. The van der Waals surface area contributed by atoms with E-state index < -0.39 is 5.41 Å². The molecule has 5 rings (SSSR count). The van der Waals surface area contributed by atoms with Crippen LogP contribution >= 0.6 is 0 Å². The molecule has 1 aliphatic carbocycles. The highest BCUT2D eigenvalue weighted by atomic mass is 19.1. The molecule has 0 bridgehead atoms. The van der Waals surface area contributed by atoms with Crippen LogP contribution in [0.1, 0.15) is 61.8 Å². The van der Waals surface area contributed by atoms with Crippen LogP contribution in [0.2, 0.25) is 0 Å². The standard InChI is InChI=1S/C22H28FN5O/c23-17-7-2-1-6-16(17)22(10-3-4-11-22)21(29)27-14-5-8-18(27)20-26-25-19-9-12-24-13-15-28(19)20/h1-2,6-7,18,24H,3-5,8-15H2. The molecule has 3 heterocycles. The highest BCUT2D eigenvalue weighted by Gasteiger charge is 2.49. The van der Waals surface area contributed by atoms with Crippen LogP contribution in [-0.4, -0.2) is 45.2 Å². The molecule has 6 nitrogen and oxygen atoms in total. The highest BCUT2D eigenvalue weighted by molar-refractivity contribution is 5.89. The Balaban J connectivity index is 1.50. The van der Waals surface area contributed by atoms with Gasteiger partial charge in [0, 0.05) is 38.2 Å². The number of carbonyl (C=O) groups is 1. The van der Waals surface area contributed by atoms with Gasteiger partial charge in [0.15, 0.2) is 5.82 Å². The number of nitrogens with zero attached hydrogens (tertiary/aromatic N) is 4. The van der Waals surface area contributed by atoms with E-state index >= 15 is 0 Å². The SMILES string of the molecule is O=C(N1CCCC1c1nnc2n1CCNCC2)C1(c2ccccc2F)CCCC1. The van der Waals surface area contributed by atoms with E-state index in [0.29, 0.717) is 12.1 Å². The molecule has 29 heavy (non-hydrogen) atoms. The van der Waals surface area contributed by atoms with Gasteiger partial charge in [0.05, 0.1) is 11.5 Å². The molecule has 1 saturated carbocycles. The van der Waals surface area contributed by atoms with Crippen LogP contribution in [0.15, 0.2) is 24.3 Å². The number of likely N-dealkylation sites (tertiary alicyclic amines) is 1. The Morgan fingerprint density at radius 3 is 2.76 bits per heavy atom. The predicted molar refractivity (Wildman–Crippen MR) is 107 cm³/mol. The molecule has 154 valence electrons. The predicted octanol–water partition coefficient (Wildman–Crippen LogP) is 2.74. The molecule has 7 heteroatoms. The normalized spacial score (nSPS) is 23.8. The molecule has 2 fully saturated rings. The average Bonchev–Trinajstić information content (AvgIpc) is 3.45. The zero-order valence-electron chi connectivity index (χ0n) is 16.7. The minimum absolute atomic E-state index is 0.0638. The zero-order valence-corrected chi connectivity index (χ0v) is 16.7. The van der Waals surface area contributed by atoms with Gasteiger partial charge >= 0.3 is 0 Å². The number of hydrogen-bond acceptors (Lipinski definition) is 4. The first-order valence-corrected chi connectivity index (χ1v) is 10.9. The van der Waals surface area contributed by atoms with Crippen molar-refractivity contribution in [2.75, 3.05) is 19.6 Å². The van der Waals surface area contributed by atoms with E-state index in [1.54, 1.807) is 12.1 Å². The lowest BCUT2D eigenvalue weighted by Crippen LogP contribution is -2.46. The molecular formula is C22H28FN5O. The molecule has 1 aromatic carbocycles. The quantitative estimate of drug-likeness (QED) is 0.865. The van der Waals surface area contributed by atoms with Crippen molar-refractivity contribution in [1.29, 1.82) is 0 Å². The topological polar surface area (TPSA) is 63.1 Å². The van der Waals surface area contributed by atoms with E-state index in [-0.39, 0.29) is 17.8 Å². The number of benzene rings is 1. The molecule has 1 atom stereocenters. The minimum atomic E-state index is -0.739. The summed E-state index contributed by atoms with van der Waals surface area (Å²) >= 11 is 0. The van der Waals surface area contributed by atoms with E-state index in [1.165, 1.54) is 6.07 Å². The van der Waals surface area contributed by atoms with Crippen LogP contribution < -0.4 is 5.32 Å². The molecule has 1 N–H and O–H groups in total. The largest absolute Gasteiger partial charge is 0.332 e. The minimum Gasteiger partial charge on any atom is -0.332 e. The third kappa shape index (κ3) is 3.06. The molecule has 3 aliphatic rings. The third-order valence-electron chi connectivity index (χ3n) is 6.96. The Labute approximate surface area is 170 Å². The number of halogens is 1. The summed E-state index contributed by atoms with van der Waals surface area (Å²) in [5, 5.41) is 12.3. The molecule has 1 unspecified atom stereocenters. The van der Waals surface area contributed by atoms with Crippen LogP contribution in [0.5, 0.6) is 0 Å². The van der Waals surface area contributed by atoms with Crippen molar-refractivity contribution in [3.05, 3.63) is 47.3 Å². The Morgan fingerprint density at radius 2 is 1.93 bits per heavy atom. The van der Waals surface area contributed by atoms with Crippen LogP contribution in [-0.2, 0) is 23.2 Å². The maximum absolute atomic E-state index is 14.8. The fraction of sp³-hybridized carbons (Fsp3) is 0.591. The van der Waals surface area contributed by atoms with Gasteiger partial charge in [-0.3, -0.25) is 4.79 Å². The summed E-state index contributed by atoms with van der Waals surface area (Å²) in [4.78, 5) is 15.9. The van der Waals surface area contributed by atoms with Gasteiger partial charge in [-0.1, -0.05) is 31.0 Å². The zero-order chi connectivity index (χ0) is 19.8. The monoisotopic (exact) mass is 397 g/mol. The Morgan fingerprint density at radius 1 is 1.10 bits per heavy atom. The fourth-order valence-corrected chi connectivity index (χ4v) is 5.52. The summed E-state index contributed by atoms with van der Waals surface area (Å²) in [5.74, 6) is 1.71. The second-order valence-electron chi connectivity index (χ2n) is 8.55. The summed E-state index contributed by atoms with van der Waals surface area (Å²) in [7, 11) is 0. The molecule has 1 aromatic heterocycles. The van der Waals surface area contributed by atoms with Crippen LogP contribution in [0.25, 0.3) is 0 Å².